The van der Waals surface area contributed by atoms with Crippen molar-refractivity contribution in [1.82, 2.24) is 5.48 Å². The fourth-order valence-electron chi connectivity index (χ4n) is 1.83. The predicted molar refractivity (Wildman–Crippen MR) is 42.5 cm³/mol. The van der Waals surface area contributed by atoms with E-state index in [1.807, 2.05) is 0 Å². The molecule has 2 fully saturated rings. The van der Waals surface area contributed by atoms with Gasteiger partial charge in [0.25, 0.3) is 0 Å². The topological polar surface area (TPSA) is 67.8 Å². The van der Waals surface area contributed by atoms with Crippen LogP contribution in [0, 0.1) is 0 Å². The molecule has 1 spiro atoms. The Kier molecular flexibility index (Phi) is 2.23. The number of carboxylic acids is 1. The summed E-state index contributed by atoms with van der Waals surface area (Å²) in [4.78, 5) is 15.8. The summed E-state index contributed by atoms with van der Waals surface area (Å²) in [6.45, 7) is 0. The molecular weight excluding hydrogens is 174 g/mol. The average Bonchev–Trinajstić information content (AvgIpc) is 2.51. The molecule has 2 rings (SSSR count). The van der Waals surface area contributed by atoms with Gasteiger partial charge in [-0.25, -0.2) is 4.79 Å². The van der Waals surface area contributed by atoms with Crippen LogP contribution in [0.2, 0.25) is 0 Å². The zero-order chi connectivity index (χ0) is 9.31. The van der Waals surface area contributed by atoms with Crippen molar-refractivity contribution in [2.45, 2.75) is 44.1 Å². The van der Waals surface area contributed by atoms with Crippen LogP contribution < -0.4 is 5.48 Å². The quantitative estimate of drug-likeness (QED) is 0.629. The van der Waals surface area contributed by atoms with E-state index in [9.17, 15) is 4.79 Å². The number of aliphatic carboxylic acids is 1. The first-order valence-corrected chi connectivity index (χ1v) is 4.56. The van der Waals surface area contributed by atoms with Gasteiger partial charge in [-0.2, -0.15) is 5.48 Å². The van der Waals surface area contributed by atoms with Gasteiger partial charge in [-0.15, -0.1) is 0 Å². The van der Waals surface area contributed by atoms with Crippen molar-refractivity contribution in [1.29, 1.82) is 0 Å². The molecule has 1 saturated carbocycles. The van der Waals surface area contributed by atoms with Crippen LogP contribution in [0.25, 0.3) is 0 Å². The van der Waals surface area contributed by atoms with Crippen molar-refractivity contribution in [2.24, 2.45) is 0 Å². The highest BCUT2D eigenvalue weighted by molar-refractivity contribution is 5.71. The van der Waals surface area contributed by atoms with Crippen LogP contribution in [0.3, 0.4) is 0 Å². The maximum absolute atomic E-state index is 10.6. The van der Waals surface area contributed by atoms with Gasteiger partial charge in [0.15, 0.2) is 5.79 Å². The summed E-state index contributed by atoms with van der Waals surface area (Å²) in [7, 11) is 0. The zero-order valence-corrected chi connectivity index (χ0v) is 7.28. The number of carbonyl (C=O) groups is 1. The number of rotatable bonds is 1. The molecule has 5 nitrogen and oxygen atoms in total. The molecular formula is C8H13NO4. The van der Waals surface area contributed by atoms with E-state index in [2.05, 4.69) is 5.48 Å². The largest absolute Gasteiger partial charge is 0.478 e. The van der Waals surface area contributed by atoms with E-state index in [1.165, 1.54) is 6.42 Å². The second kappa shape index (κ2) is 3.25. The van der Waals surface area contributed by atoms with Crippen LogP contribution >= 0.6 is 0 Å². The van der Waals surface area contributed by atoms with Gasteiger partial charge in [0.05, 0.1) is 0 Å². The summed E-state index contributed by atoms with van der Waals surface area (Å²) in [5.41, 5.74) is 2.39. The molecule has 13 heavy (non-hydrogen) atoms. The van der Waals surface area contributed by atoms with Crippen LogP contribution in [-0.4, -0.2) is 23.1 Å². The molecule has 2 N–H and O–H groups in total. The Labute approximate surface area is 76.0 Å². The van der Waals surface area contributed by atoms with Gasteiger partial charge in [-0.1, -0.05) is 6.42 Å². The van der Waals surface area contributed by atoms with E-state index in [4.69, 9.17) is 14.7 Å². The molecule has 1 heterocycles. The number of ether oxygens (including phenoxy) is 1. The third-order valence-corrected chi connectivity index (χ3v) is 2.52. The highest BCUT2D eigenvalue weighted by atomic mass is 16.9. The number of hydrogen-bond acceptors (Lipinski definition) is 4. The van der Waals surface area contributed by atoms with E-state index in [0.29, 0.717) is 0 Å². The van der Waals surface area contributed by atoms with Gasteiger partial charge >= 0.3 is 5.97 Å². The Bertz CT molecular complexity index is 212. The van der Waals surface area contributed by atoms with Gasteiger partial charge in [-0.05, 0) is 12.8 Å². The van der Waals surface area contributed by atoms with E-state index in [0.717, 1.165) is 25.7 Å². The van der Waals surface area contributed by atoms with Gasteiger partial charge < -0.3 is 9.84 Å². The molecule has 1 unspecified atom stereocenters. The lowest BCUT2D eigenvalue weighted by Crippen LogP contribution is -2.34. The Balaban J connectivity index is 1.98. The standard InChI is InChI=1S/C8H13NO4/c10-7(11)6-9-13-8(12-6)4-2-1-3-5-8/h6,9H,1-5H2,(H,10,11). The lowest BCUT2D eigenvalue weighted by atomic mass is 9.94. The van der Waals surface area contributed by atoms with Gasteiger partial charge in [0.1, 0.15) is 0 Å². The lowest BCUT2D eigenvalue weighted by Gasteiger charge is -2.29. The molecule has 1 atom stereocenters. The third-order valence-electron chi connectivity index (χ3n) is 2.52. The molecule has 0 radical (unpaired) electrons. The Morgan fingerprint density at radius 3 is 2.62 bits per heavy atom. The molecule has 74 valence electrons. The molecule has 0 aromatic rings. The maximum atomic E-state index is 10.6. The Hall–Kier alpha value is -0.650. The lowest BCUT2D eigenvalue weighted by molar-refractivity contribution is -0.200. The first-order chi connectivity index (χ1) is 6.22. The summed E-state index contributed by atoms with van der Waals surface area (Å²) in [5.74, 6) is -1.69. The summed E-state index contributed by atoms with van der Waals surface area (Å²) >= 11 is 0. The van der Waals surface area contributed by atoms with E-state index in [1.54, 1.807) is 0 Å². The molecule has 0 amide bonds. The highest BCUT2D eigenvalue weighted by Gasteiger charge is 2.45. The predicted octanol–water partition coefficient (Wildman–Crippen LogP) is 0.609. The van der Waals surface area contributed by atoms with Crippen LogP contribution in [0.4, 0.5) is 0 Å². The monoisotopic (exact) mass is 187 g/mol. The normalized spacial score (nSPS) is 32.2. The number of hydrogen-bond donors (Lipinski definition) is 2. The number of hydroxylamine groups is 1. The second-order valence-corrected chi connectivity index (χ2v) is 3.53. The van der Waals surface area contributed by atoms with Crippen LogP contribution in [-0.2, 0) is 14.4 Å². The smallest absolute Gasteiger partial charge is 0.350 e. The van der Waals surface area contributed by atoms with Crippen molar-refractivity contribution in [3.63, 3.8) is 0 Å². The first-order valence-electron chi connectivity index (χ1n) is 4.56. The Morgan fingerprint density at radius 1 is 1.38 bits per heavy atom. The molecule has 0 aromatic carbocycles. The van der Waals surface area contributed by atoms with E-state index in [-0.39, 0.29) is 0 Å². The van der Waals surface area contributed by atoms with Crippen molar-refractivity contribution in [2.75, 3.05) is 0 Å². The molecule has 1 aliphatic heterocycles. The molecule has 1 saturated heterocycles. The highest BCUT2D eigenvalue weighted by Crippen LogP contribution is 2.35. The summed E-state index contributed by atoms with van der Waals surface area (Å²) in [6, 6.07) is 0. The minimum atomic E-state index is -1.03. The van der Waals surface area contributed by atoms with Crippen LogP contribution in [0.1, 0.15) is 32.1 Å². The van der Waals surface area contributed by atoms with Gasteiger partial charge in [0, 0.05) is 12.8 Å². The number of nitrogens with one attached hydrogen (secondary N) is 1. The van der Waals surface area contributed by atoms with E-state index < -0.39 is 18.0 Å². The molecule has 0 bridgehead atoms. The first kappa shape index (κ1) is 8.93. The average molecular weight is 187 g/mol. The Morgan fingerprint density at radius 2 is 2.08 bits per heavy atom. The minimum absolute atomic E-state index is 0.665. The summed E-state index contributed by atoms with van der Waals surface area (Å²) in [5, 5.41) is 8.66. The fourth-order valence-corrected chi connectivity index (χ4v) is 1.83. The fraction of sp³-hybridized carbons (Fsp3) is 0.875. The molecule has 2 aliphatic rings. The molecule has 1 aliphatic carbocycles. The minimum Gasteiger partial charge on any atom is -0.478 e. The van der Waals surface area contributed by atoms with Gasteiger partial charge in [0.2, 0.25) is 6.23 Å². The van der Waals surface area contributed by atoms with Crippen molar-refractivity contribution in [3.05, 3.63) is 0 Å². The van der Waals surface area contributed by atoms with Crippen LogP contribution in [0.5, 0.6) is 0 Å². The van der Waals surface area contributed by atoms with Gasteiger partial charge in [-0.3, -0.25) is 4.84 Å². The van der Waals surface area contributed by atoms with Crippen LogP contribution in [0.15, 0.2) is 0 Å². The molecule has 5 heteroatoms. The van der Waals surface area contributed by atoms with E-state index >= 15 is 0 Å². The summed E-state index contributed by atoms with van der Waals surface area (Å²) < 4.78 is 5.32. The SMILES string of the molecule is O=C(O)C1NOC2(CCCCC2)O1. The maximum Gasteiger partial charge on any atom is 0.350 e. The van der Waals surface area contributed by atoms with Crippen molar-refractivity contribution < 1.29 is 19.5 Å². The van der Waals surface area contributed by atoms with Crippen molar-refractivity contribution in [3.8, 4) is 0 Å². The number of carboxylic acid groups (broad SMARTS) is 1. The van der Waals surface area contributed by atoms with Crippen molar-refractivity contribution >= 4 is 5.97 Å². The summed E-state index contributed by atoms with van der Waals surface area (Å²) in [6.07, 6.45) is 3.81. The zero-order valence-electron chi connectivity index (χ0n) is 7.28. The molecule has 0 aromatic heterocycles. The third kappa shape index (κ3) is 1.67. The second-order valence-electron chi connectivity index (χ2n) is 3.53.